The van der Waals surface area contributed by atoms with Crippen molar-refractivity contribution in [1.29, 1.82) is 0 Å². The highest BCUT2D eigenvalue weighted by Crippen LogP contribution is 2.28. The summed E-state index contributed by atoms with van der Waals surface area (Å²) in [5, 5.41) is 6.31. The van der Waals surface area contributed by atoms with Gasteiger partial charge >= 0.3 is 0 Å². The van der Waals surface area contributed by atoms with Crippen LogP contribution in [-0.4, -0.2) is 25.5 Å². The number of carbonyl (C=O) groups excluding carboxylic acids is 2. The lowest BCUT2D eigenvalue weighted by molar-refractivity contribution is -0.117. The molecular weight excluding hydrogens is 390 g/mol. The summed E-state index contributed by atoms with van der Waals surface area (Å²) in [7, 11) is 1.59. The first-order valence-corrected chi connectivity index (χ1v) is 10.3. The van der Waals surface area contributed by atoms with Gasteiger partial charge in [0.1, 0.15) is 11.8 Å². The molecule has 1 saturated heterocycles. The highest BCUT2D eigenvalue weighted by atomic mass is 16.5. The molecular formula is C25H25N3O3. The van der Waals surface area contributed by atoms with Crippen molar-refractivity contribution >= 4 is 28.9 Å². The van der Waals surface area contributed by atoms with Crippen LogP contribution in [0.4, 0.5) is 17.1 Å². The fourth-order valence-electron chi connectivity index (χ4n) is 3.71. The van der Waals surface area contributed by atoms with E-state index in [1.165, 1.54) is 0 Å². The zero-order valence-corrected chi connectivity index (χ0v) is 17.4. The van der Waals surface area contributed by atoms with E-state index in [4.69, 9.17) is 4.74 Å². The summed E-state index contributed by atoms with van der Waals surface area (Å²) in [4.78, 5) is 27.1. The molecule has 1 aliphatic heterocycles. The van der Waals surface area contributed by atoms with Gasteiger partial charge in [-0.15, -0.1) is 0 Å². The topological polar surface area (TPSA) is 70.7 Å². The molecule has 158 valence electrons. The Balaban J connectivity index is 1.59. The Morgan fingerprint density at radius 1 is 0.968 bits per heavy atom. The van der Waals surface area contributed by atoms with Crippen LogP contribution in [0.2, 0.25) is 0 Å². The average molecular weight is 415 g/mol. The Kier molecular flexibility index (Phi) is 6.17. The van der Waals surface area contributed by atoms with Crippen LogP contribution in [-0.2, 0) is 9.59 Å². The number of anilines is 3. The van der Waals surface area contributed by atoms with Gasteiger partial charge in [-0.2, -0.15) is 0 Å². The van der Waals surface area contributed by atoms with Crippen molar-refractivity contribution in [1.82, 2.24) is 0 Å². The van der Waals surface area contributed by atoms with E-state index < -0.39 is 6.04 Å². The number of hydrogen-bond acceptors (Lipinski definition) is 4. The van der Waals surface area contributed by atoms with Gasteiger partial charge in [0.2, 0.25) is 5.91 Å². The second-order valence-corrected chi connectivity index (χ2v) is 7.41. The molecule has 0 unspecified atom stereocenters. The number of methoxy groups -OCH3 is 1. The van der Waals surface area contributed by atoms with Crippen LogP contribution >= 0.6 is 0 Å². The minimum atomic E-state index is -0.614. The number of ether oxygens (including phenoxy) is 1. The van der Waals surface area contributed by atoms with Crippen molar-refractivity contribution in [3.63, 3.8) is 0 Å². The molecule has 1 aliphatic rings. The third-order valence-corrected chi connectivity index (χ3v) is 5.27. The van der Waals surface area contributed by atoms with E-state index in [-0.39, 0.29) is 11.8 Å². The number of carbonyl (C=O) groups is 2. The molecule has 31 heavy (non-hydrogen) atoms. The lowest BCUT2D eigenvalue weighted by atomic mass is 10.1. The minimum absolute atomic E-state index is 0.132. The maximum atomic E-state index is 13.2. The van der Waals surface area contributed by atoms with Gasteiger partial charge in [0, 0.05) is 36.1 Å². The zero-order chi connectivity index (χ0) is 21.6. The van der Waals surface area contributed by atoms with E-state index in [2.05, 4.69) is 10.6 Å². The molecule has 1 heterocycles. The quantitative estimate of drug-likeness (QED) is 0.591. The van der Waals surface area contributed by atoms with Gasteiger partial charge < -0.3 is 20.3 Å². The minimum Gasteiger partial charge on any atom is -0.497 e. The van der Waals surface area contributed by atoms with Crippen LogP contribution in [0.25, 0.3) is 0 Å². The van der Waals surface area contributed by atoms with Crippen molar-refractivity contribution in [3.05, 3.63) is 84.4 Å². The maximum Gasteiger partial charge on any atom is 0.251 e. The first kappa shape index (κ1) is 20.5. The maximum absolute atomic E-state index is 13.2. The Bertz CT molecular complexity index is 1070. The second-order valence-electron chi connectivity index (χ2n) is 7.41. The lowest BCUT2D eigenvalue weighted by Gasteiger charge is -2.22. The fourth-order valence-corrected chi connectivity index (χ4v) is 3.71. The summed E-state index contributed by atoms with van der Waals surface area (Å²) in [6, 6.07) is 23.8. The van der Waals surface area contributed by atoms with Gasteiger partial charge in [-0.05, 0) is 42.3 Å². The van der Waals surface area contributed by atoms with Gasteiger partial charge in [-0.1, -0.05) is 42.5 Å². The fraction of sp³-hybridized carbons (Fsp3) is 0.200. The molecule has 0 saturated carbocycles. The number of hydrogen-bond donors (Lipinski definition) is 2. The summed E-state index contributed by atoms with van der Waals surface area (Å²) >= 11 is 0. The smallest absolute Gasteiger partial charge is 0.251 e. The van der Waals surface area contributed by atoms with E-state index in [0.29, 0.717) is 17.9 Å². The molecule has 1 atom stereocenters. The van der Waals surface area contributed by atoms with Gasteiger partial charge in [0.25, 0.3) is 5.91 Å². The molecule has 1 fully saturated rings. The van der Waals surface area contributed by atoms with Crippen molar-refractivity contribution in [2.75, 3.05) is 29.2 Å². The van der Waals surface area contributed by atoms with E-state index in [1.54, 1.807) is 18.1 Å². The van der Waals surface area contributed by atoms with Crippen LogP contribution in [0.1, 0.15) is 24.4 Å². The Morgan fingerprint density at radius 3 is 2.48 bits per heavy atom. The first-order chi connectivity index (χ1) is 15.1. The Hall–Kier alpha value is -3.80. The molecule has 0 spiro atoms. The lowest BCUT2D eigenvalue weighted by Crippen LogP contribution is -2.27. The van der Waals surface area contributed by atoms with Crippen LogP contribution in [0.15, 0.2) is 78.9 Å². The number of amides is 2. The summed E-state index contributed by atoms with van der Waals surface area (Å²) < 4.78 is 5.25. The number of benzene rings is 3. The monoisotopic (exact) mass is 415 g/mol. The van der Waals surface area contributed by atoms with Crippen molar-refractivity contribution < 1.29 is 14.3 Å². The molecule has 0 bridgehead atoms. The molecule has 2 amide bonds. The molecule has 6 nitrogen and oxygen atoms in total. The van der Waals surface area contributed by atoms with Crippen molar-refractivity contribution in [2.24, 2.45) is 0 Å². The van der Waals surface area contributed by atoms with Crippen LogP contribution in [0.5, 0.6) is 5.75 Å². The molecule has 0 radical (unpaired) electrons. The van der Waals surface area contributed by atoms with E-state index in [9.17, 15) is 9.59 Å². The predicted molar refractivity (Wildman–Crippen MR) is 122 cm³/mol. The summed E-state index contributed by atoms with van der Waals surface area (Å²) in [5.41, 5.74) is 3.11. The van der Waals surface area contributed by atoms with E-state index >= 15 is 0 Å². The van der Waals surface area contributed by atoms with E-state index in [0.717, 1.165) is 29.9 Å². The van der Waals surface area contributed by atoms with Crippen LogP contribution in [0, 0.1) is 0 Å². The summed E-state index contributed by atoms with van der Waals surface area (Å²) in [6.07, 6.45) is 1.44. The van der Waals surface area contributed by atoms with Gasteiger partial charge in [0.15, 0.2) is 0 Å². The molecule has 4 rings (SSSR count). The van der Waals surface area contributed by atoms with Gasteiger partial charge in [0.05, 0.1) is 7.11 Å². The normalized spacial score (nSPS) is 14.2. The molecule has 0 aromatic heterocycles. The SMILES string of the molecule is COc1cccc(NC(=O)[C@H](Nc2cccc(N3CCCC3=O)c2)c2ccccc2)c1. The zero-order valence-electron chi connectivity index (χ0n) is 17.4. The van der Waals surface area contributed by atoms with Crippen molar-refractivity contribution in [2.45, 2.75) is 18.9 Å². The third-order valence-electron chi connectivity index (χ3n) is 5.27. The average Bonchev–Trinajstić information content (AvgIpc) is 3.24. The first-order valence-electron chi connectivity index (χ1n) is 10.3. The van der Waals surface area contributed by atoms with Crippen LogP contribution < -0.4 is 20.3 Å². The number of nitrogens with zero attached hydrogens (tertiary/aromatic N) is 1. The van der Waals surface area contributed by atoms with E-state index in [1.807, 2.05) is 72.8 Å². The third kappa shape index (κ3) is 4.86. The second kappa shape index (κ2) is 9.34. The van der Waals surface area contributed by atoms with Crippen LogP contribution in [0.3, 0.4) is 0 Å². The summed E-state index contributed by atoms with van der Waals surface area (Å²) in [6.45, 7) is 0.723. The number of rotatable bonds is 7. The van der Waals surface area contributed by atoms with Gasteiger partial charge in [-0.25, -0.2) is 0 Å². The Morgan fingerprint density at radius 2 is 1.74 bits per heavy atom. The summed E-state index contributed by atoms with van der Waals surface area (Å²) in [5.74, 6) is 0.611. The molecule has 2 N–H and O–H groups in total. The highest BCUT2D eigenvalue weighted by Gasteiger charge is 2.24. The number of nitrogens with one attached hydrogen (secondary N) is 2. The van der Waals surface area contributed by atoms with Gasteiger partial charge in [-0.3, -0.25) is 9.59 Å². The molecule has 0 aliphatic carbocycles. The molecule has 3 aromatic rings. The molecule has 3 aromatic carbocycles. The molecule has 6 heteroatoms. The largest absolute Gasteiger partial charge is 0.497 e. The van der Waals surface area contributed by atoms with Crippen molar-refractivity contribution in [3.8, 4) is 5.75 Å². The Labute approximate surface area is 181 Å². The predicted octanol–water partition coefficient (Wildman–Crippen LogP) is 4.61. The highest BCUT2D eigenvalue weighted by molar-refractivity contribution is 5.98. The standard InChI is InChI=1S/C25H25N3O3/c1-31-22-13-6-11-20(17-22)27-25(30)24(18-8-3-2-4-9-18)26-19-10-5-12-21(16-19)28-15-7-14-23(28)29/h2-6,8-13,16-17,24,26H,7,14-15H2,1H3,(H,27,30)/t24-/m1/s1.